The third kappa shape index (κ3) is 5.73. The summed E-state index contributed by atoms with van der Waals surface area (Å²) in [5.41, 5.74) is 2.92. The number of aryl methyl sites for hydroxylation is 1. The van der Waals surface area contributed by atoms with Crippen LogP contribution < -0.4 is 14.3 Å². The van der Waals surface area contributed by atoms with Crippen molar-refractivity contribution in [2.24, 2.45) is 5.10 Å². The van der Waals surface area contributed by atoms with Gasteiger partial charge in [-0.3, -0.25) is 0 Å². The van der Waals surface area contributed by atoms with Crippen LogP contribution in [0.1, 0.15) is 16.7 Å². The summed E-state index contributed by atoms with van der Waals surface area (Å²) >= 11 is 2.15. The van der Waals surface area contributed by atoms with Crippen molar-refractivity contribution in [1.82, 2.24) is 4.83 Å². The number of hydrogen-bond donors (Lipinski definition) is 1. The second kappa shape index (κ2) is 9.94. The largest absolute Gasteiger partial charge is 0.493 e. The van der Waals surface area contributed by atoms with Crippen LogP contribution >= 0.6 is 22.6 Å². The number of ether oxygens (including phenoxy) is 2. The van der Waals surface area contributed by atoms with Gasteiger partial charge in [0, 0.05) is 0 Å². The Bertz CT molecular complexity index is 1130. The molecular formula is C22H21IN2O4S. The highest BCUT2D eigenvalue weighted by Crippen LogP contribution is 2.34. The molecule has 156 valence electrons. The Morgan fingerprint density at radius 3 is 2.43 bits per heavy atom. The fourth-order valence-electron chi connectivity index (χ4n) is 2.62. The van der Waals surface area contributed by atoms with E-state index in [0.717, 1.165) is 9.13 Å². The lowest BCUT2D eigenvalue weighted by molar-refractivity contribution is 0.282. The van der Waals surface area contributed by atoms with Crippen molar-refractivity contribution in [2.45, 2.75) is 18.4 Å². The number of halogens is 1. The summed E-state index contributed by atoms with van der Waals surface area (Å²) in [6.45, 7) is 2.45. The molecule has 6 nitrogen and oxygen atoms in total. The molecule has 0 fully saturated rings. The SMILES string of the molecule is COc1cc(/C=N\NS(=O)(=O)c2ccccc2)cc(I)c1OCc1ccc(C)cc1. The van der Waals surface area contributed by atoms with Crippen molar-refractivity contribution < 1.29 is 17.9 Å². The van der Waals surface area contributed by atoms with Gasteiger partial charge in [0.2, 0.25) is 0 Å². The molecule has 1 N–H and O–H groups in total. The zero-order valence-corrected chi connectivity index (χ0v) is 19.5. The monoisotopic (exact) mass is 536 g/mol. The van der Waals surface area contributed by atoms with Crippen LogP contribution in [0, 0.1) is 10.5 Å². The van der Waals surface area contributed by atoms with E-state index in [9.17, 15) is 8.42 Å². The van der Waals surface area contributed by atoms with Gasteiger partial charge in [-0.05, 0) is 64.9 Å². The Balaban J connectivity index is 1.73. The molecule has 0 saturated heterocycles. The Kier molecular flexibility index (Phi) is 7.33. The van der Waals surface area contributed by atoms with Gasteiger partial charge in [-0.1, -0.05) is 48.0 Å². The number of hydrazone groups is 1. The van der Waals surface area contributed by atoms with E-state index in [0.29, 0.717) is 23.7 Å². The van der Waals surface area contributed by atoms with Crippen LogP contribution in [0.25, 0.3) is 0 Å². The fourth-order valence-corrected chi connectivity index (χ4v) is 4.21. The minimum Gasteiger partial charge on any atom is -0.493 e. The third-order valence-electron chi connectivity index (χ3n) is 4.20. The number of nitrogens with one attached hydrogen (secondary N) is 1. The highest BCUT2D eigenvalue weighted by molar-refractivity contribution is 14.1. The molecule has 0 aliphatic rings. The Hall–Kier alpha value is -2.59. The molecule has 3 rings (SSSR count). The highest BCUT2D eigenvalue weighted by atomic mass is 127. The topological polar surface area (TPSA) is 77.0 Å². The van der Waals surface area contributed by atoms with Gasteiger partial charge in [-0.15, -0.1) is 0 Å². The van der Waals surface area contributed by atoms with Crippen molar-refractivity contribution >= 4 is 38.8 Å². The van der Waals surface area contributed by atoms with E-state index in [1.54, 1.807) is 31.4 Å². The molecule has 3 aromatic rings. The van der Waals surface area contributed by atoms with E-state index >= 15 is 0 Å². The third-order valence-corrected chi connectivity index (χ3v) is 6.24. The van der Waals surface area contributed by atoms with Crippen LogP contribution in [-0.4, -0.2) is 21.7 Å². The minimum absolute atomic E-state index is 0.147. The zero-order valence-electron chi connectivity index (χ0n) is 16.5. The predicted molar refractivity (Wildman–Crippen MR) is 126 cm³/mol. The zero-order chi connectivity index (χ0) is 21.6. The minimum atomic E-state index is -3.71. The highest BCUT2D eigenvalue weighted by Gasteiger charge is 2.13. The quantitative estimate of drug-likeness (QED) is 0.261. The number of nitrogens with zero attached hydrogens (tertiary/aromatic N) is 1. The lowest BCUT2D eigenvalue weighted by Gasteiger charge is -2.13. The normalized spacial score (nSPS) is 11.4. The van der Waals surface area contributed by atoms with Gasteiger partial charge in [-0.25, -0.2) is 4.83 Å². The smallest absolute Gasteiger partial charge is 0.276 e. The lowest BCUT2D eigenvalue weighted by Crippen LogP contribution is -2.18. The predicted octanol–water partition coefficient (Wildman–Crippen LogP) is 4.50. The number of hydrogen-bond acceptors (Lipinski definition) is 5. The van der Waals surface area contributed by atoms with Gasteiger partial charge in [0.25, 0.3) is 10.0 Å². The van der Waals surface area contributed by atoms with Crippen molar-refractivity contribution in [2.75, 3.05) is 7.11 Å². The Morgan fingerprint density at radius 1 is 1.07 bits per heavy atom. The maximum absolute atomic E-state index is 12.2. The first-order chi connectivity index (χ1) is 14.4. The Labute approximate surface area is 190 Å². The molecule has 0 heterocycles. The van der Waals surface area contributed by atoms with Crippen LogP contribution in [0.15, 0.2) is 76.7 Å². The summed E-state index contributed by atoms with van der Waals surface area (Å²) in [5.74, 6) is 1.17. The first-order valence-electron chi connectivity index (χ1n) is 9.05. The van der Waals surface area contributed by atoms with Crippen molar-refractivity contribution in [3.05, 3.63) is 87.0 Å². The summed E-state index contributed by atoms with van der Waals surface area (Å²) in [5, 5.41) is 3.87. The first kappa shape index (κ1) is 22.1. The van der Waals surface area contributed by atoms with Crippen molar-refractivity contribution in [3.8, 4) is 11.5 Å². The van der Waals surface area contributed by atoms with Crippen LogP contribution in [0.4, 0.5) is 0 Å². The number of methoxy groups -OCH3 is 1. The molecule has 30 heavy (non-hydrogen) atoms. The molecule has 0 aromatic heterocycles. The van der Waals surface area contributed by atoms with Gasteiger partial charge in [0.15, 0.2) is 11.5 Å². The first-order valence-corrected chi connectivity index (χ1v) is 11.6. The average Bonchev–Trinajstić information content (AvgIpc) is 2.74. The van der Waals surface area contributed by atoms with E-state index in [1.165, 1.54) is 23.9 Å². The molecule has 0 unspecified atom stereocenters. The molecule has 0 spiro atoms. The van der Waals surface area contributed by atoms with Gasteiger partial charge in [0.05, 0.1) is 21.8 Å². The molecule has 0 amide bonds. The van der Waals surface area contributed by atoms with Gasteiger partial charge >= 0.3 is 0 Å². The molecule has 0 radical (unpaired) electrons. The van der Waals surface area contributed by atoms with E-state index in [1.807, 2.05) is 37.3 Å². The second-order valence-electron chi connectivity index (χ2n) is 6.47. The van der Waals surface area contributed by atoms with E-state index in [-0.39, 0.29) is 4.90 Å². The van der Waals surface area contributed by atoms with Gasteiger partial charge in [0.1, 0.15) is 6.61 Å². The molecule has 0 aliphatic carbocycles. The molecule has 0 atom stereocenters. The summed E-state index contributed by atoms with van der Waals surface area (Å²) in [7, 11) is -2.15. The number of sulfonamides is 1. The molecular weight excluding hydrogens is 515 g/mol. The van der Waals surface area contributed by atoms with E-state index < -0.39 is 10.0 Å². The molecule has 0 aliphatic heterocycles. The van der Waals surface area contributed by atoms with Crippen LogP contribution in [0.2, 0.25) is 0 Å². The summed E-state index contributed by atoms with van der Waals surface area (Å²) < 4.78 is 36.7. The molecule has 3 aromatic carbocycles. The standard InChI is InChI=1S/C22H21IN2O4S/c1-16-8-10-17(11-9-16)15-29-22-20(23)12-18(13-21(22)28-2)14-24-25-30(26,27)19-6-4-3-5-7-19/h3-14,25H,15H2,1-2H3/b24-14-. The Morgan fingerprint density at radius 2 is 1.77 bits per heavy atom. The number of benzene rings is 3. The molecule has 0 bridgehead atoms. The van der Waals surface area contributed by atoms with E-state index in [2.05, 4.69) is 32.5 Å². The summed E-state index contributed by atoms with van der Waals surface area (Å²) in [4.78, 5) is 2.36. The van der Waals surface area contributed by atoms with Crippen LogP contribution in [0.3, 0.4) is 0 Å². The van der Waals surface area contributed by atoms with Crippen LogP contribution in [0.5, 0.6) is 11.5 Å². The van der Waals surface area contributed by atoms with E-state index in [4.69, 9.17) is 9.47 Å². The summed E-state index contributed by atoms with van der Waals surface area (Å²) in [6, 6.07) is 19.8. The fraction of sp³-hybridized carbons (Fsp3) is 0.136. The number of rotatable bonds is 8. The maximum Gasteiger partial charge on any atom is 0.276 e. The van der Waals surface area contributed by atoms with Crippen molar-refractivity contribution in [3.63, 3.8) is 0 Å². The lowest BCUT2D eigenvalue weighted by atomic mass is 10.2. The van der Waals surface area contributed by atoms with Crippen molar-refractivity contribution in [1.29, 1.82) is 0 Å². The second-order valence-corrected chi connectivity index (χ2v) is 9.30. The molecule has 8 heteroatoms. The average molecular weight is 536 g/mol. The van der Waals surface area contributed by atoms with Gasteiger partial charge < -0.3 is 9.47 Å². The van der Waals surface area contributed by atoms with Crippen LogP contribution in [-0.2, 0) is 16.6 Å². The maximum atomic E-state index is 12.2. The summed E-state index contributed by atoms with van der Waals surface area (Å²) in [6.07, 6.45) is 1.43. The van der Waals surface area contributed by atoms with Gasteiger partial charge in [-0.2, -0.15) is 13.5 Å². The molecule has 0 saturated carbocycles.